The van der Waals surface area contributed by atoms with Gasteiger partial charge in [0.1, 0.15) is 6.10 Å². The molecule has 0 saturated carbocycles. The van der Waals surface area contributed by atoms with E-state index in [0.717, 1.165) is 5.56 Å². The summed E-state index contributed by atoms with van der Waals surface area (Å²) in [6, 6.07) is 7.07. The van der Waals surface area contributed by atoms with Crippen LogP contribution in [0.15, 0.2) is 24.3 Å². The molecule has 1 rings (SSSR count). The molecule has 1 aromatic rings. The second-order valence-electron chi connectivity index (χ2n) is 4.60. The lowest BCUT2D eigenvalue weighted by Gasteiger charge is -2.21. The first-order valence-electron chi connectivity index (χ1n) is 6.07. The minimum atomic E-state index is -1.01. The highest BCUT2D eigenvalue weighted by molar-refractivity contribution is 6.30. The molecule has 0 radical (unpaired) electrons. The summed E-state index contributed by atoms with van der Waals surface area (Å²) in [7, 11) is 0. The summed E-state index contributed by atoms with van der Waals surface area (Å²) in [5, 5.41) is 9.15. The Labute approximate surface area is 117 Å². The predicted molar refractivity (Wildman–Crippen MR) is 72.0 cm³/mol. The lowest BCUT2D eigenvalue weighted by Crippen LogP contribution is -2.17. The van der Waals surface area contributed by atoms with Crippen LogP contribution < -0.4 is 0 Å². The van der Waals surface area contributed by atoms with Crippen molar-refractivity contribution in [2.45, 2.75) is 32.8 Å². The van der Waals surface area contributed by atoms with Gasteiger partial charge in [-0.2, -0.15) is 0 Å². The van der Waals surface area contributed by atoms with E-state index in [2.05, 4.69) is 0 Å². The summed E-state index contributed by atoms with van der Waals surface area (Å²) in [5.41, 5.74) is 0.850. The zero-order valence-corrected chi connectivity index (χ0v) is 11.7. The summed E-state index contributed by atoms with van der Waals surface area (Å²) in [6.45, 7) is 3.87. The summed E-state index contributed by atoms with van der Waals surface area (Å²) < 4.78 is 5.34. The van der Waals surface area contributed by atoms with E-state index in [9.17, 15) is 9.59 Å². The first kappa shape index (κ1) is 15.5. The van der Waals surface area contributed by atoms with Crippen molar-refractivity contribution in [3.63, 3.8) is 0 Å². The maximum absolute atomic E-state index is 11.6. The quantitative estimate of drug-likeness (QED) is 0.813. The van der Waals surface area contributed by atoms with Crippen LogP contribution >= 0.6 is 11.6 Å². The van der Waals surface area contributed by atoms with Gasteiger partial charge < -0.3 is 9.84 Å². The monoisotopic (exact) mass is 284 g/mol. The molecule has 5 heteroatoms. The smallest absolute Gasteiger partial charge is 0.306 e. The van der Waals surface area contributed by atoms with Crippen LogP contribution in [0.4, 0.5) is 0 Å². The Balaban J connectivity index is 2.70. The zero-order valence-electron chi connectivity index (χ0n) is 10.9. The molecule has 19 heavy (non-hydrogen) atoms. The number of carbonyl (C=O) groups excluding carboxylic acids is 1. The Kier molecular flexibility index (Phi) is 5.83. The van der Waals surface area contributed by atoms with E-state index in [4.69, 9.17) is 21.4 Å². The Morgan fingerprint density at radius 3 is 2.26 bits per heavy atom. The minimum Gasteiger partial charge on any atom is -0.481 e. The fourth-order valence-electron chi connectivity index (χ4n) is 1.65. The van der Waals surface area contributed by atoms with Gasteiger partial charge >= 0.3 is 11.9 Å². The average Bonchev–Trinajstić information content (AvgIpc) is 2.34. The van der Waals surface area contributed by atoms with E-state index in [1.807, 2.05) is 13.8 Å². The molecule has 0 saturated heterocycles. The largest absolute Gasteiger partial charge is 0.481 e. The fraction of sp³-hybridized carbons (Fsp3) is 0.429. The third-order valence-corrected chi connectivity index (χ3v) is 2.86. The van der Waals surface area contributed by atoms with E-state index in [1.54, 1.807) is 24.3 Å². The van der Waals surface area contributed by atoms with E-state index in [-0.39, 0.29) is 18.8 Å². The van der Waals surface area contributed by atoms with E-state index >= 15 is 0 Å². The lowest BCUT2D eigenvalue weighted by atomic mass is 9.99. The van der Waals surface area contributed by atoms with Crippen molar-refractivity contribution < 1.29 is 19.4 Å². The van der Waals surface area contributed by atoms with Gasteiger partial charge in [-0.25, -0.2) is 0 Å². The molecule has 0 aromatic heterocycles. The highest BCUT2D eigenvalue weighted by atomic mass is 35.5. The fourth-order valence-corrected chi connectivity index (χ4v) is 1.78. The number of ether oxygens (including phenoxy) is 1. The molecule has 1 atom stereocenters. The molecule has 0 aliphatic rings. The van der Waals surface area contributed by atoms with Crippen LogP contribution in [0.1, 0.15) is 38.4 Å². The van der Waals surface area contributed by atoms with E-state index in [0.29, 0.717) is 5.02 Å². The molecular weight excluding hydrogens is 268 g/mol. The van der Waals surface area contributed by atoms with E-state index in [1.165, 1.54) is 0 Å². The van der Waals surface area contributed by atoms with Gasteiger partial charge in [0.15, 0.2) is 0 Å². The maximum atomic E-state index is 11.6. The molecule has 0 aliphatic carbocycles. The van der Waals surface area contributed by atoms with Crippen molar-refractivity contribution >= 4 is 23.5 Å². The van der Waals surface area contributed by atoms with Gasteiger partial charge in [0.25, 0.3) is 0 Å². The molecule has 1 N–H and O–H groups in total. The number of carbonyl (C=O) groups is 2. The zero-order chi connectivity index (χ0) is 14.4. The number of aliphatic carboxylic acids is 1. The Morgan fingerprint density at radius 1 is 1.21 bits per heavy atom. The van der Waals surface area contributed by atoms with Crippen LogP contribution in [0, 0.1) is 5.92 Å². The molecule has 0 bridgehead atoms. The summed E-state index contributed by atoms with van der Waals surface area (Å²) >= 11 is 5.81. The van der Waals surface area contributed by atoms with Crippen LogP contribution in [-0.2, 0) is 14.3 Å². The second-order valence-corrected chi connectivity index (χ2v) is 5.04. The van der Waals surface area contributed by atoms with Gasteiger partial charge in [-0.05, 0) is 23.6 Å². The number of carboxylic acid groups (broad SMARTS) is 1. The summed E-state index contributed by atoms with van der Waals surface area (Å²) in [5.74, 6) is -1.42. The highest BCUT2D eigenvalue weighted by Gasteiger charge is 2.20. The maximum Gasteiger partial charge on any atom is 0.306 e. The number of rotatable bonds is 6. The predicted octanol–water partition coefficient (Wildman–Crippen LogP) is 3.45. The first-order chi connectivity index (χ1) is 8.90. The molecule has 4 nitrogen and oxygen atoms in total. The molecule has 0 heterocycles. The SMILES string of the molecule is CC(C)C(OC(=O)CCC(=O)O)c1ccc(Cl)cc1. The Bertz CT molecular complexity index is 439. The van der Waals surface area contributed by atoms with Crippen LogP contribution in [0.25, 0.3) is 0 Å². The number of halogens is 1. The van der Waals surface area contributed by atoms with Crippen LogP contribution in [0.2, 0.25) is 5.02 Å². The molecule has 0 fully saturated rings. The number of benzene rings is 1. The summed E-state index contributed by atoms with van der Waals surface area (Å²) in [4.78, 5) is 22.0. The van der Waals surface area contributed by atoms with Gasteiger partial charge in [0.05, 0.1) is 12.8 Å². The molecule has 104 valence electrons. The molecule has 1 unspecified atom stereocenters. The average molecular weight is 285 g/mol. The first-order valence-corrected chi connectivity index (χ1v) is 6.44. The van der Waals surface area contributed by atoms with Crippen molar-refractivity contribution in [1.29, 1.82) is 0 Å². The molecule has 1 aromatic carbocycles. The lowest BCUT2D eigenvalue weighted by molar-refractivity contribution is -0.154. The Morgan fingerprint density at radius 2 is 1.79 bits per heavy atom. The third kappa shape index (κ3) is 5.30. The van der Waals surface area contributed by atoms with Gasteiger partial charge in [0, 0.05) is 5.02 Å². The van der Waals surface area contributed by atoms with Gasteiger partial charge in [0.2, 0.25) is 0 Å². The standard InChI is InChI=1S/C14H17ClO4/c1-9(2)14(10-3-5-11(15)6-4-10)19-13(18)8-7-12(16)17/h3-6,9,14H,7-8H2,1-2H3,(H,16,17). The van der Waals surface area contributed by atoms with Crippen molar-refractivity contribution in [1.82, 2.24) is 0 Å². The molecule has 0 spiro atoms. The molecule has 0 amide bonds. The van der Waals surface area contributed by atoms with Gasteiger partial charge in [-0.3, -0.25) is 9.59 Å². The van der Waals surface area contributed by atoms with Crippen molar-refractivity contribution in [3.8, 4) is 0 Å². The number of hydrogen-bond donors (Lipinski definition) is 1. The topological polar surface area (TPSA) is 63.6 Å². The highest BCUT2D eigenvalue weighted by Crippen LogP contribution is 2.27. The van der Waals surface area contributed by atoms with Crippen LogP contribution in [0.3, 0.4) is 0 Å². The van der Waals surface area contributed by atoms with Gasteiger partial charge in [-0.1, -0.05) is 37.6 Å². The number of hydrogen-bond acceptors (Lipinski definition) is 3. The van der Waals surface area contributed by atoms with Crippen molar-refractivity contribution in [2.24, 2.45) is 5.92 Å². The third-order valence-electron chi connectivity index (χ3n) is 2.61. The van der Waals surface area contributed by atoms with E-state index < -0.39 is 18.0 Å². The van der Waals surface area contributed by atoms with Crippen molar-refractivity contribution in [3.05, 3.63) is 34.9 Å². The Hall–Kier alpha value is -1.55. The number of esters is 1. The summed E-state index contributed by atoms with van der Waals surface area (Å²) in [6.07, 6.45) is -0.727. The molecular formula is C14H17ClO4. The second kappa shape index (κ2) is 7.14. The molecule has 0 aliphatic heterocycles. The minimum absolute atomic E-state index is 0.0925. The number of carboxylic acids is 1. The van der Waals surface area contributed by atoms with Gasteiger partial charge in [-0.15, -0.1) is 0 Å². The van der Waals surface area contributed by atoms with Crippen molar-refractivity contribution in [2.75, 3.05) is 0 Å². The van der Waals surface area contributed by atoms with Crippen LogP contribution in [0.5, 0.6) is 0 Å². The van der Waals surface area contributed by atoms with Crippen LogP contribution in [-0.4, -0.2) is 17.0 Å². The normalized spacial score (nSPS) is 12.2.